The summed E-state index contributed by atoms with van der Waals surface area (Å²) in [6.45, 7) is 2.96. The van der Waals surface area contributed by atoms with Gasteiger partial charge >= 0.3 is 0 Å². The van der Waals surface area contributed by atoms with Crippen molar-refractivity contribution in [1.29, 1.82) is 0 Å². The van der Waals surface area contributed by atoms with Crippen molar-refractivity contribution >= 4 is 76.6 Å². The molecule has 5 aromatic rings. The molecule has 8 rings (SSSR count). The van der Waals surface area contributed by atoms with E-state index in [0.717, 1.165) is 19.3 Å². The van der Waals surface area contributed by atoms with Gasteiger partial charge in [-0.1, -0.05) is 29.8 Å². The summed E-state index contributed by atoms with van der Waals surface area (Å²) in [5.41, 5.74) is 4.84. The van der Waals surface area contributed by atoms with Gasteiger partial charge in [0.05, 0.1) is 63.0 Å². The summed E-state index contributed by atoms with van der Waals surface area (Å²) in [4.78, 5) is 77.7. The monoisotopic (exact) mass is 998 g/mol. The van der Waals surface area contributed by atoms with E-state index in [-0.39, 0.29) is 92.2 Å². The van der Waals surface area contributed by atoms with Crippen LogP contribution in [0.2, 0.25) is 5.02 Å². The molecule has 4 aromatic carbocycles. The number of rotatable bonds is 21. The molecule has 1 aromatic heterocycles. The number of benzene rings is 4. The minimum Gasteiger partial charge on any atom is -0.379 e. The first-order chi connectivity index (χ1) is 33.5. The number of anilines is 3. The lowest BCUT2D eigenvalue weighted by molar-refractivity contribution is -0.137. The zero-order valence-corrected chi connectivity index (χ0v) is 39.4. The number of nitrogens with zero attached hydrogens (tertiary/aromatic N) is 4. The number of carbonyl (C=O) groups is 5. The number of carbonyl (C=O) groups excluding carboxylic acids is 5. The first-order valence-corrected chi connectivity index (χ1v) is 23.0. The number of amides is 5. The average molecular weight is 1000 g/mol. The van der Waals surface area contributed by atoms with Crippen LogP contribution in [0.4, 0.5) is 26.1 Å². The average Bonchev–Trinajstić information content (AvgIpc) is 3.59. The van der Waals surface area contributed by atoms with E-state index < -0.39 is 23.6 Å². The van der Waals surface area contributed by atoms with Crippen molar-refractivity contribution in [3.8, 4) is 11.3 Å². The van der Waals surface area contributed by atoms with Gasteiger partial charge in [0.1, 0.15) is 17.7 Å². The predicted octanol–water partition coefficient (Wildman–Crippen LogP) is 7.33. The first kappa shape index (κ1) is 51.2. The summed E-state index contributed by atoms with van der Waals surface area (Å²) >= 11 is 6.34. The zero-order valence-electron chi connectivity index (χ0n) is 37.9. The second kappa shape index (κ2) is 24.2. The number of hydrogen-bond donors (Lipinski definition) is 4. The molecule has 3 aliphatic rings. The molecule has 0 radical (unpaired) electrons. The van der Waals surface area contributed by atoms with Crippen molar-refractivity contribution in [2.24, 2.45) is 4.99 Å². The van der Waals surface area contributed by atoms with Crippen molar-refractivity contribution in [2.45, 2.75) is 57.7 Å². The summed E-state index contributed by atoms with van der Waals surface area (Å²) < 4.78 is 46.6. The molecule has 3 aliphatic heterocycles. The summed E-state index contributed by atoms with van der Waals surface area (Å²) in [6, 6.07) is 19.9. The molecule has 1 atom stereocenters. The highest BCUT2D eigenvalue weighted by Gasteiger charge is 2.40. The van der Waals surface area contributed by atoms with Crippen LogP contribution in [0.3, 0.4) is 0 Å². The van der Waals surface area contributed by atoms with Crippen molar-refractivity contribution in [3.63, 3.8) is 0 Å². The molecule has 1 saturated heterocycles. The van der Waals surface area contributed by atoms with Gasteiger partial charge in [-0.25, -0.2) is 18.7 Å². The van der Waals surface area contributed by atoms with Crippen LogP contribution in [0.5, 0.6) is 0 Å². The van der Waals surface area contributed by atoms with Gasteiger partial charge in [-0.05, 0) is 86.3 Å². The maximum absolute atomic E-state index is 14.9. The lowest BCUT2D eigenvalue weighted by Crippen LogP contribution is -2.52. The maximum atomic E-state index is 14.9. The lowest BCUT2D eigenvalue weighted by atomic mass is 9.95. The summed E-state index contributed by atoms with van der Waals surface area (Å²) in [6.07, 6.45) is 4.61. The standard InChI is InChI=1S/C50H49ClF2N8O8.ClH/c51-32-12-15-34-36(26-32)46(44-38(52)7-5-8-39(44)53)55-27-31-28-56-50(60-45(31)34)57-33-13-10-30(11-14-33)47(64)54-19-2-1-3-20-67-22-24-69-25-23-68-21-18-43(63)58-40-9-4-6-35-37(40)29-61(49(35)66)41-16-17-42(62)59-48(41)65;/h4-15,26,28,41H,1-3,16-25,27,29H2,(H,54,64)(H,58,63)(H,56,57,60)(H,59,62,65);1H. The van der Waals surface area contributed by atoms with Crippen LogP contribution in [0.1, 0.15) is 81.5 Å². The molecule has 0 spiro atoms. The van der Waals surface area contributed by atoms with Crippen LogP contribution in [0.25, 0.3) is 11.3 Å². The fourth-order valence-corrected chi connectivity index (χ4v) is 8.36. The van der Waals surface area contributed by atoms with Crippen molar-refractivity contribution in [2.75, 3.05) is 56.8 Å². The molecule has 20 heteroatoms. The topological polar surface area (TPSA) is 203 Å². The second-order valence-corrected chi connectivity index (χ2v) is 16.8. The Hall–Kier alpha value is -6.70. The van der Waals surface area contributed by atoms with Crippen molar-refractivity contribution in [1.82, 2.24) is 25.5 Å². The highest BCUT2D eigenvalue weighted by atomic mass is 35.5. The van der Waals surface area contributed by atoms with Crippen LogP contribution in [-0.2, 0) is 41.7 Å². The lowest BCUT2D eigenvalue weighted by Gasteiger charge is -2.29. The molecule has 16 nitrogen and oxygen atoms in total. The predicted molar refractivity (Wildman–Crippen MR) is 260 cm³/mol. The van der Waals surface area contributed by atoms with Gasteiger partial charge in [-0.3, -0.25) is 34.3 Å². The number of hydrogen-bond acceptors (Lipinski definition) is 12. The normalized spacial score (nSPS) is 14.9. The van der Waals surface area contributed by atoms with Crippen LogP contribution in [-0.4, -0.2) is 102 Å². The fraction of sp³-hybridized carbons (Fsp3) is 0.320. The van der Waals surface area contributed by atoms with Gasteiger partial charge < -0.3 is 35.1 Å². The zero-order chi connectivity index (χ0) is 48.3. The number of ether oxygens (including phenoxy) is 3. The van der Waals surface area contributed by atoms with E-state index in [9.17, 15) is 32.8 Å². The van der Waals surface area contributed by atoms with Crippen LogP contribution < -0.4 is 21.3 Å². The SMILES string of the molecule is Cl.O=C1CCC(N2Cc3c(NC(=O)CCOCCOCCOCCCCCNC(=O)c4ccc(Nc5ncc6c(n5)-c5ccc(Cl)cc5C(c5c(F)cccc5F)=NC6)cc4)cccc3C2=O)C(=O)N1. The Balaban J connectivity index is 0.00000722. The van der Waals surface area contributed by atoms with Gasteiger partial charge in [-0.15, -0.1) is 12.4 Å². The number of aliphatic imine (C=N–C) groups is 1. The van der Waals surface area contributed by atoms with Crippen LogP contribution >= 0.6 is 24.0 Å². The molecule has 0 bridgehead atoms. The third-order valence-corrected chi connectivity index (χ3v) is 11.9. The summed E-state index contributed by atoms with van der Waals surface area (Å²) in [7, 11) is 0. The number of fused-ring (bicyclic) bond motifs is 4. The minimum atomic E-state index is -0.738. The van der Waals surface area contributed by atoms with E-state index in [1.807, 2.05) is 0 Å². The number of aromatic nitrogens is 2. The van der Waals surface area contributed by atoms with Gasteiger partial charge in [0.2, 0.25) is 23.7 Å². The van der Waals surface area contributed by atoms with E-state index in [1.54, 1.807) is 66.9 Å². The number of halogens is 4. The van der Waals surface area contributed by atoms with E-state index in [4.69, 9.17) is 30.8 Å². The number of unbranched alkanes of at least 4 members (excludes halogenated alkanes) is 2. The Bertz CT molecular complexity index is 2760. The highest BCUT2D eigenvalue weighted by Crippen LogP contribution is 2.36. The van der Waals surface area contributed by atoms with Crippen LogP contribution in [0, 0.1) is 11.6 Å². The Labute approximate surface area is 413 Å². The largest absolute Gasteiger partial charge is 0.379 e. The van der Waals surface area contributed by atoms with Crippen molar-refractivity contribution < 1.29 is 47.0 Å². The fourth-order valence-electron chi connectivity index (χ4n) is 8.19. The Morgan fingerprint density at radius 1 is 0.829 bits per heavy atom. The number of imide groups is 1. The maximum Gasteiger partial charge on any atom is 0.255 e. The van der Waals surface area contributed by atoms with Gasteiger partial charge in [-0.2, -0.15) is 0 Å². The molecular formula is C50H50Cl2F2N8O8. The van der Waals surface area contributed by atoms with Gasteiger partial charge in [0.15, 0.2) is 0 Å². The van der Waals surface area contributed by atoms with E-state index in [0.29, 0.717) is 95.1 Å². The summed E-state index contributed by atoms with van der Waals surface area (Å²) in [5, 5.41) is 11.6. The molecule has 1 unspecified atom stereocenters. The molecule has 70 heavy (non-hydrogen) atoms. The van der Waals surface area contributed by atoms with E-state index >= 15 is 0 Å². The third-order valence-electron chi connectivity index (χ3n) is 11.7. The molecule has 4 N–H and O–H groups in total. The highest BCUT2D eigenvalue weighted by molar-refractivity contribution is 6.31. The van der Waals surface area contributed by atoms with E-state index in [1.165, 1.54) is 23.1 Å². The first-order valence-electron chi connectivity index (χ1n) is 22.6. The Kier molecular flexibility index (Phi) is 17.7. The van der Waals surface area contributed by atoms with Gasteiger partial charge in [0, 0.05) is 82.1 Å². The summed E-state index contributed by atoms with van der Waals surface area (Å²) in [5.74, 6) is -2.82. The number of piperidine rings is 1. The molecule has 366 valence electrons. The molecule has 1 fully saturated rings. The van der Waals surface area contributed by atoms with Gasteiger partial charge in [0.25, 0.3) is 11.8 Å². The Morgan fingerprint density at radius 3 is 2.31 bits per heavy atom. The second-order valence-electron chi connectivity index (χ2n) is 16.4. The smallest absolute Gasteiger partial charge is 0.255 e. The van der Waals surface area contributed by atoms with Crippen LogP contribution in [0.15, 0.2) is 90.1 Å². The molecule has 0 aliphatic carbocycles. The third kappa shape index (κ3) is 12.5. The molecule has 4 heterocycles. The molecule has 5 amide bonds. The molecular weight excluding hydrogens is 949 g/mol. The number of nitrogens with one attached hydrogen (secondary N) is 4. The molecule has 0 saturated carbocycles. The van der Waals surface area contributed by atoms with Crippen molar-refractivity contribution in [3.05, 3.63) is 135 Å². The minimum absolute atomic E-state index is 0. The van der Waals surface area contributed by atoms with E-state index in [2.05, 4.69) is 31.2 Å². The Morgan fingerprint density at radius 2 is 1.56 bits per heavy atom. The quantitative estimate of drug-likeness (QED) is 0.0424.